The van der Waals surface area contributed by atoms with Gasteiger partial charge in [0.15, 0.2) is 0 Å². The lowest BCUT2D eigenvalue weighted by molar-refractivity contribution is 0.0696. The predicted octanol–water partition coefficient (Wildman–Crippen LogP) is 3.24. The molecule has 6 nitrogen and oxygen atoms in total. The number of benzene rings is 1. The first-order valence-corrected chi connectivity index (χ1v) is 6.21. The first kappa shape index (κ1) is 14.9. The fourth-order valence-electron chi connectivity index (χ4n) is 1.57. The number of rotatable bonds is 5. The second kappa shape index (κ2) is 6.32. The molecule has 0 saturated carbocycles. The molecule has 0 aliphatic rings. The summed E-state index contributed by atoms with van der Waals surface area (Å²) in [7, 11) is 3.04. The molecule has 0 aliphatic carbocycles. The van der Waals surface area contributed by atoms with Crippen LogP contribution >= 0.6 is 11.6 Å². The van der Waals surface area contributed by atoms with E-state index in [1.165, 1.54) is 26.5 Å². The number of aromatic nitrogens is 1. The molecule has 0 fully saturated rings. The maximum absolute atomic E-state index is 10.8. The van der Waals surface area contributed by atoms with E-state index < -0.39 is 5.97 Å². The van der Waals surface area contributed by atoms with Crippen molar-refractivity contribution >= 4 is 17.6 Å². The van der Waals surface area contributed by atoms with Gasteiger partial charge in [0.1, 0.15) is 22.3 Å². The van der Waals surface area contributed by atoms with Crippen LogP contribution < -0.4 is 14.2 Å². The van der Waals surface area contributed by atoms with E-state index in [4.69, 9.17) is 30.9 Å². The van der Waals surface area contributed by atoms with Crippen LogP contribution in [-0.2, 0) is 0 Å². The Labute approximate surface area is 125 Å². The summed E-state index contributed by atoms with van der Waals surface area (Å²) in [5.74, 6) is 0.477. The van der Waals surface area contributed by atoms with Gasteiger partial charge in [-0.05, 0) is 6.07 Å². The van der Waals surface area contributed by atoms with Crippen LogP contribution in [0, 0.1) is 0 Å². The third-order valence-electron chi connectivity index (χ3n) is 2.59. The summed E-state index contributed by atoms with van der Waals surface area (Å²) in [5, 5.41) is 8.95. The van der Waals surface area contributed by atoms with Crippen LogP contribution in [0.25, 0.3) is 0 Å². The van der Waals surface area contributed by atoms with Crippen molar-refractivity contribution < 1.29 is 24.1 Å². The van der Waals surface area contributed by atoms with Gasteiger partial charge in [0.2, 0.25) is 5.88 Å². The molecule has 0 aliphatic heterocycles. The number of nitrogens with zero attached hydrogens (tertiary/aromatic N) is 1. The van der Waals surface area contributed by atoms with Gasteiger partial charge >= 0.3 is 5.97 Å². The van der Waals surface area contributed by atoms with Gasteiger partial charge in [-0.3, -0.25) is 0 Å². The highest BCUT2D eigenvalue weighted by molar-refractivity contribution is 6.32. The van der Waals surface area contributed by atoms with Gasteiger partial charge in [0, 0.05) is 24.4 Å². The number of hydrogen-bond donors (Lipinski definition) is 1. The smallest absolute Gasteiger partial charge is 0.337 e. The Morgan fingerprint density at radius 3 is 2.14 bits per heavy atom. The highest BCUT2D eigenvalue weighted by atomic mass is 35.5. The number of carboxylic acid groups (broad SMARTS) is 1. The van der Waals surface area contributed by atoms with Crippen LogP contribution in [0.3, 0.4) is 0 Å². The number of carbonyl (C=O) groups is 1. The number of pyridine rings is 1. The summed E-state index contributed by atoms with van der Waals surface area (Å²) in [6.45, 7) is 0. The number of methoxy groups -OCH3 is 2. The molecule has 110 valence electrons. The highest BCUT2D eigenvalue weighted by Crippen LogP contribution is 2.33. The maximum atomic E-state index is 10.8. The lowest BCUT2D eigenvalue weighted by atomic mass is 10.3. The van der Waals surface area contributed by atoms with E-state index in [-0.39, 0.29) is 16.5 Å². The van der Waals surface area contributed by atoms with Crippen LogP contribution in [0.5, 0.6) is 23.1 Å². The van der Waals surface area contributed by atoms with Crippen LogP contribution in [0.15, 0.2) is 30.5 Å². The lowest BCUT2D eigenvalue weighted by Gasteiger charge is -2.10. The second-order valence-corrected chi connectivity index (χ2v) is 4.37. The third kappa shape index (κ3) is 3.55. The number of halogens is 1. The van der Waals surface area contributed by atoms with E-state index in [0.29, 0.717) is 17.2 Å². The van der Waals surface area contributed by atoms with Gasteiger partial charge in [0.25, 0.3) is 0 Å². The molecule has 7 heteroatoms. The minimum absolute atomic E-state index is 0.0180. The number of ether oxygens (including phenoxy) is 3. The summed E-state index contributed by atoms with van der Waals surface area (Å²) in [6.07, 6.45) is 1.17. The van der Waals surface area contributed by atoms with Gasteiger partial charge in [-0.15, -0.1) is 0 Å². The summed E-state index contributed by atoms with van der Waals surface area (Å²) >= 11 is 5.96. The Morgan fingerprint density at radius 2 is 1.67 bits per heavy atom. The zero-order valence-corrected chi connectivity index (χ0v) is 12.0. The SMILES string of the molecule is COc1cc(OC)cc(Oc2ncc(C(=O)O)cc2Cl)c1. The average molecular weight is 310 g/mol. The molecule has 0 amide bonds. The van der Waals surface area contributed by atoms with Gasteiger partial charge < -0.3 is 19.3 Å². The lowest BCUT2D eigenvalue weighted by Crippen LogP contribution is -1.98. The van der Waals surface area contributed by atoms with E-state index >= 15 is 0 Å². The number of carboxylic acids is 1. The van der Waals surface area contributed by atoms with Gasteiger partial charge in [-0.2, -0.15) is 0 Å². The maximum Gasteiger partial charge on any atom is 0.337 e. The molecule has 0 spiro atoms. The molecular weight excluding hydrogens is 298 g/mol. The first-order valence-electron chi connectivity index (χ1n) is 5.83. The minimum Gasteiger partial charge on any atom is -0.496 e. The Balaban J connectivity index is 2.31. The summed E-state index contributed by atoms with van der Waals surface area (Å²) in [5.41, 5.74) is -0.0180. The molecule has 2 rings (SSSR count). The van der Waals surface area contributed by atoms with Crippen molar-refractivity contribution in [3.05, 3.63) is 41.0 Å². The third-order valence-corrected chi connectivity index (χ3v) is 2.86. The van der Waals surface area contributed by atoms with Crippen molar-refractivity contribution in [2.45, 2.75) is 0 Å². The fourth-order valence-corrected chi connectivity index (χ4v) is 1.77. The van der Waals surface area contributed by atoms with Gasteiger partial charge in [-0.1, -0.05) is 11.6 Å². The van der Waals surface area contributed by atoms with Crippen LogP contribution in [-0.4, -0.2) is 30.3 Å². The molecule has 0 bridgehead atoms. The number of hydrogen-bond acceptors (Lipinski definition) is 5. The topological polar surface area (TPSA) is 77.9 Å². The first-order chi connectivity index (χ1) is 10.0. The van der Waals surface area contributed by atoms with E-state index in [2.05, 4.69) is 4.98 Å². The molecule has 1 aromatic heterocycles. The van der Waals surface area contributed by atoms with Crippen molar-refractivity contribution in [1.82, 2.24) is 4.98 Å². The molecule has 0 saturated heterocycles. The van der Waals surface area contributed by atoms with Crippen molar-refractivity contribution in [2.24, 2.45) is 0 Å². The van der Waals surface area contributed by atoms with Gasteiger partial charge in [-0.25, -0.2) is 9.78 Å². The Hall–Kier alpha value is -2.47. The van der Waals surface area contributed by atoms with Crippen molar-refractivity contribution in [3.63, 3.8) is 0 Å². The second-order valence-electron chi connectivity index (χ2n) is 3.97. The normalized spacial score (nSPS) is 10.0. The molecule has 0 radical (unpaired) electrons. The van der Waals surface area contributed by atoms with E-state index in [1.807, 2.05) is 0 Å². The molecule has 1 heterocycles. The Kier molecular flexibility index (Phi) is 4.49. The summed E-state index contributed by atoms with van der Waals surface area (Å²) < 4.78 is 15.8. The Bertz CT molecular complexity index is 652. The van der Waals surface area contributed by atoms with E-state index in [0.717, 1.165) is 0 Å². The summed E-state index contributed by atoms with van der Waals surface area (Å²) in [4.78, 5) is 14.7. The van der Waals surface area contributed by atoms with Gasteiger partial charge in [0.05, 0.1) is 19.8 Å². The molecule has 2 aromatic rings. The van der Waals surface area contributed by atoms with Crippen molar-refractivity contribution in [3.8, 4) is 23.1 Å². The van der Waals surface area contributed by atoms with Crippen LogP contribution in [0.2, 0.25) is 5.02 Å². The molecule has 1 aromatic carbocycles. The molecular formula is C14H12ClNO5. The Morgan fingerprint density at radius 1 is 1.10 bits per heavy atom. The molecule has 0 atom stereocenters. The predicted molar refractivity (Wildman–Crippen MR) is 75.8 cm³/mol. The van der Waals surface area contributed by atoms with E-state index in [9.17, 15) is 4.79 Å². The number of aromatic carboxylic acids is 1. The van der Waals surface area contributed by atoms with Crippen LogP contribution in [0.4, 0.5) is 0 Å². The zero-order chi connectivity index (χ0) is 15.4. The standard InChI is InChI=1S/C14H12ClNO5/c1-19-9-4-10(20-2)6-11(5-9)21-13-12(15)3-8(7-16-13)14(17)18/h3-7H,1-2H3,(H,17,18). The van der Waals surface area contributed by atoms with Crippen molar-refractivity contribution in [2.75, 3.05) is 14.2 Å². The fraction of sp³-hybridized carbons (Fsp3) is 0.143. The minimum atomic E-state index is -1.11. The molecule has 21 heavy (non-hydrogen) atoms. The zero-order valence-electron chi connectivity index (χ0n) is 11.3. The molecule has 0 unspecified atom stereocenters. The van der Waals surface area contributed by atoms with Crippen molar-refractivity contribution in [1.29, 1.82) is 0 Å². The largest absolute Gasteiger partial charge is 0.496 e. The highest BCUT2D eigenvalue weighted by Gasteiger charge is 2.11. The monoisotopic (exact) mass is 309 g/mol. The average Bonchev–Trinajstić information content (AvgIpc) is 2.48. The summed E-state index contributed by atoms with van der Waals surface area (Å²) in [6, 6.07) is 6.22. The van der Waals surface area contributed by atoms with Crippen LogP contribution in [0.1, 0.15) is 10.4 Å². The van der Waals surface area contributed by atoms with E-state index in [1.54, 1.807) is 18.2 Å². The quantitative estimate of drug-likeness (QED) is 0.913. The molecule has 1 N–H and O–H groups in total.